The standard InChI is InChI=1S/C20H33N3O3/c1-16(26-18-8-6-17(25-4)7-9-18)14-22-19(21-2)23-15-20(10-5-11-20)12-13-24-3/h6-9,16H,5,10-15H2,1-4H3,(H2,21,22,23). The van der Waals surface area contributed by atoms with Gasteiger partial charge < -0.3 is 24.8 Å². The van der Waals surface area contributed by atoms with Gasteiger partial charge in [-0.3, -0.25) is 4.99 Å². The highest BCUT2D eigenvalue weighted by atomic mass is 16.5. The number of hydrogen-bond donors (Lipinski definition) is 2. The van der Waals surface area contributed by atoms with Gasteiger partial charge in [0.2, 0.25) is 0 Å². The Morgan fingerprint density at radius 1 is 1.15 bits per heavy atom. The van der Waals surface area contributed by atoms with Crippen LogP contribution in [0.3, 0.4) is 0 Å². The summed E-state index contributed by atoms with van der Waals surface area (Å²) in [6, 6.07) is 7.62. The van der Waals surface area contributed by atoms with E-state index in [0.29, 0.717) is 12.0 Å². The maximum absolute atomic E-state index is 5.92. The lowest BCUT2D eigenvalue weighted by atomic mass is 9.67. The fraction of sp³-hybridized carbons (Fsp3) is 0.650. The van der Waals surface area contributed by atoms with Crippen LogP contribution in [0.1, 0.15) is 32.6 Å². The zero-order chi connectivity index (χ0) is 18.8. The number of aliphatic imine (C=N–C) groups is 1. The first-order valence-electron chi connectivity index (χ1n) is 9.35. The van der Waals surface area contributed by atoms with Crippen LogP contribution in [0.25, 0.3) is 0 Å². The van der Waals surface area contributed by atoms with Gasteiger partial charge in [0.15, 0.2) is 5.96 Å². The van der Waals surface area contributed by atoms with E-state index in [9.17, 15) is 0 Å². The van der Waals surface area contributed by atoms with Crippen LogP contribution in [0.2, 0.25) is 0 Å². The molecule has 26 heavy (non-hydrogen) atoms. The Labute approximate surface area is 157 Å². The maximum atomic E-state index is 5.92. The molecular weight excluding hydrogens is 330 g/mol. The molecule has 0 spiro atoms. The first-order chi connectivity index (χ1) is 12.6. The lowest BCUT2D eigenvalue weighted by Crippen LogP contribution is -2.48. The van der Waals surface area contributed by atoms with Crippen LogP contribution in [0.5, 0.6) is 11.5 Å². The van der Waals surface area contributed by atoms with E-state index in [2.05, 4.69) is 15.6 Å². The Morgan fingerprint density at radius 2 is 1.85 bits per heavy atom. The molecule has 1 aliphatic carbocycles. The molecule has 6 nitrogen and oxygen atoms in total. The van der Waals surface area contributed by atoms with Gasteiger partial charge in [-0.25, -0.2) is 0 Å². The second kappa shape index (κ2) is 10.3. The minimum Gasteiger partial charge on any atom is -0.497 e. The highest BCUT2D eigenvalue weighted by molar-refractivity contribution is 5.79. The summed E-state index contributed by atoms with van der Waals surface area (Å²) in [6.07, 6.45) is 4.96. The molecule has 0 radical (unpaired) electrons. The van der Waals surface area contributed by atoms with Crippen LogP contribution in [-0.4, -0.2) is 53.0 Å². The highest BCUT2D eigenvalue weighted by Gasteiger charge is 2.36. The average Bonchev–Trinajstić information content (AvgIpc) is 2.63. The van der Waals surface area contributed by atoms with Gasteiger partial charge in [0.25, 0.3) is 0 Å². The molecule has 1 unspecified atom stereocenters. The van der Waals surface area contributed by atoms with Crippen molar-refractivity contribution >= 4 is 5.96 Å². The van der Waals surface area contributed by atoms with Crippen molar-refractivity contribution in [3.8, 4) is 11.5 Å². The van der Waals surface area contributed by atoms with Gasteiger partial charge in [-0.1, -0.05) is 6.42 Å². The first kappa shape index (κ1) is 20.4. The second-order valence-electron chi connectivity index (χ2n) is 7.01. The minimum absolute atomic E-state index is 0.0214. The van der Waals surface area contributed by atoms with Crippen molar-refractivity contribution in [2.45, 2.75) is 38.7 Å². The van der Waals surface area contributed by atoms with E-state index in [1.54, 1.807) is 21.3 Å². The van der Waals surface area contributed by atoms with E-state index in [-0.39, 0.29) is 6.10 Å². The molecule has 146 valence electrons. The number of guanidine groups is 1. The maximum Gasteiger partial charge on any atom is 0.191 e. The van der Waals surface area contributed by atoms with Crippen LogP contribution < -0.4 is 20.1 Å². The molecule has 2 rings (SSSR count). The Hall–Kier alpha value is -1.95. The molecular formula is C20H33N3O3. The van der Waals surface area contributed by atoms with Crippen molar-refractivity contribution in [2.24, 2.45) is 10.4 Å². The predicted octanol–water partition coefficient (Wildman–Crippen LogP) is 2.83. The fourth-order valence-electron chi connectivity index (χ4n) is 3.17. The van der Waals surface area contributed by atoms with Crippen LogP contribution >= 0.6 is 0 Å². The van der Waals surface area contributed by atoms with Gasteiger partial charge in [-0.2, -0.15) is 0 Å². The normalized spacial score (nSPS) is 17.2. The first-order valence-corrected chi connectivity index (χ1v) is 9.35. The second-order valence-corrected chi connectivity index (χ2v) is 7.01. The zero-order valence-electron chi connectivity index (χ0n) is 16.5. The van der Waals surface area contributed by atoms with Gasteiger partial charge in [-0.15, -0.1) is 0 Å². The van der Waals surface area contributed by atoms with Crippen molar-refractivity contribution in [3.05, 3.63) is 24.3 Å². The third kappa shape index (κ3) is 6.09. The van der Waals surface area contributed by atoms with Crippen LogP contribution in [0.4, 0.5) is 0 Å². The molecule has 1 aromatic rings. The van der Waals surface area contributed by atoms with Crippen LogP contribution in [0.15, 0.2) is 29.3 Å². The zero-order valence-corrected chi connectivity index (χ0v) is 16.5. The number of nitrogens with zero attached hydrogens (tertiary/aromatic N) is 1. The summed E-state index contributed by atoms with van der Waals surface area (Å²) in [6.45, 7) is 4.47. The summed E-state index contributed by atoms with van der Waals surface area (Å²) in [7, 11) is 5.22. The lowest BCUT2D eigenvalue weighted by Gasteiger charge is -2.42. The van der Waals surface area contributed by atoms with Gasteiger partial charge in [0.1, 0.15) is 17.6 Å². The van der Waals surface area contributed by atoms with E-state index in [4.69, 9.17) is 14.2 Å². The largest absolute Gasteiger partial charge is 0.497 e. The molecule has 0 aromatic heterocycles. The molecule has 0 saturated heterocycles. The number of nitrogens with one attached hydrogen (secondary N) is 2. The Morgan fingerprint density at radius 3 is 2.38 bits per heavy atom. The third-order valence-corrected chi connectivity index (χ3v) is 5.06. The molecule has 0 amide bonds. The lowest BCUT2D eigenvalue weighted by molar-refractivity contribution is 0.0732. The van der Waals surface area contributed by atoms with E-state index < -0.39 is 0 Å². The smallest absolute Gasteiger partial charge is 0.191 e. The Bertz CT molecular complexity index is 556. The number of ether oxygens (including phenoxy) is 3. The van der Waals surface area contributed by atoms with E-state index in [1.807, 2.05) is 31.2 Å². The quantitative estimate of drug-likeness (QED) is 0.494. The molecule has 1 aromatic carbocycles. The predicted molar refractivity (Wildman–Crippen MR) is 105 cm³/mol. The van der Waals surface area contributed by atoms with Crippen LogP contribution in [0, 0.1) is 5.41 Å². The Kier molecular flexibility index (Phi) is 8.04. The van der Waals surface area contributed by atoms with E-state index in [1.165, 1.54) is 19.3 Å². The molecule has 1 aliphatic rings. The Balaban J connectivity index is 1.73. The molecule has 6 heteroatoms. The fourth-order valence-corrected chi connectivity index (χ4v) is 3.17. The molecule has 1 saturated carbocycles. The highest BCUT2D eigenvalue weighted by Crippen LogP contribution is 2.43. The van der Waals surface area contributed by atoms with Crippen molar-refractivity contribution in [3.63, 3.8) is 0 Å². The van der Waals surface area contributed by atoms with E-state index >= 15 is 0 Å². The van der Waals surface area contributed by atoms with Crippen molar-refractivity contribution < 1.29 is 14.2 Å². The minimum atomic E-state index is 0.0214. The molecule has 0 aliphatic heterocycles. The van der Waals surface area contributed by atoms with Gasteiger partial charge in [0, 0.05) is 27.3 Å². The van der Waals surface area contributed by atoms with Gasteiger partial charge >= 0.3 is 0 Å². The summed E-state index contributed by atoms with van der Waals surface area (Å²) in [5, 5.41) is 6.81. The summed E-state index contributed by atoms with van der Waals surface area (Å²) in [5.74, 6) is 2.47. The molecule has 1 atom stereocenters. The summed E-state index contributed by atoms with van der Waals surface area (Å²) in [4.78, 5) is 4.32. The molecule has 1 fully saturated rings. The topological polar surface area (TPSA) is 64.1 Å². The third-order valence-electron chi connectivity index (χ3n) is 5.06. The van der Waals surface area contributed by atoms with Crippen molar-refractivity contribution in [1.29, 1.82) is 0 Å². The van der Waals surface area contributed by atoms with Crippen LogP contribution in [-0.2, 0) is 4.74 Å². The number of rotatable bonds is 10. The number of methoxy groups -OCH3 is 2. The average molecular weight is 364 g/mol. The number of benzene rings is 1. The van der Waals surface area contributed by atoms with Gasteiger partial charge in [-0.05, 0) is 55.9 Å². The molecule has 2 N–H and O–H groups in total. The SMILES string of the molecule is CN=C(NCC(C)Oc1ccc(OC)cc1)NCC1(CCOC)CCC1. The summed E-state index contributed by atoms with van der Waals surface area (Å²) < 4.78 is 16.3. The molecule has 0 bridgehead atoms. The van der Waals surface area contributed by atoms with Gasteiger partial charge in [0.05, 0.1) is 13.7 Å². The van der Waals surface area contributed by atoms with E-state index in [0.717, 1.165) is 37.0 Å². The molecule has 0 heterocycles. The number of hydrogen-bond acceptors (Lipinski definition) is 4. The summed E-state index contributed by atoms with van der Waals surface area (Å²) >= 11 is 0. The van der Waals surface area contributed by atoms with Crippen molar-refractivity contribution in [2.75, 3.05) is 41.0 Å². The monoisotopic (exact) mass is 363 g/mol. The van der Waals surface area contributed by atoms with Crippen molar-refractivity contribution in [1.82, 2.24) is 10.6 Å². The summed E-state index contributed by atoms with van der Waals surface area (Å²) in [5.41, 5.74) is 0.360.